The number of nitrogens with zero attached hydrogens (tertiary/aromatic N) is 2. The Morgan fingerprint density at radius 2 is 1.76 bits per heavy atom. The van der Waals surface area contributed by atoms with Crippen LogP contribution in [0.3, 0.4) is 0 Å². The van der Waals surface area contributed by atoms with E-state index >= 15 is 0 Å². The minimum Gasteiger partial charge on any atom is -0.352 e. The number of halogens is 2. The molecule has 194 valence electrons. The van der Waals surface area contributed by atoms with Gasteiger partial charge in [0.1, 0.15) is 6.04 Å². The Balaban J connectivity index is 1.47. The minimum atomic E-state index is -0.678. The van der Waals surface area contributed by atoms with Gasteiger partial charge in [0.25, 0.3) is 5.91 Å². The van der Waals surface area contributed by atoms with Crippen molar-refractivity contribution in [2.24, 2.45) is 0 Å². The van der Waals surface area contributed by atoms with Crippen molar-refractivity contribution in [1.82, 2.24) is 10.2 Å². The summed E-state index contributed by atoms with van der Waals surface area (Å²) in [4.78, 5) is 42.8. The van der Waals surface area contributed by atoms with Crippen molar-refractivity contribution < 1.29 is 14.4 Å². The van der Waals surface area contributed by atoms with E-state index in [1.54, 1.807) is 34.9 Å². The average molecular weight is 540 g/mol. The molecule has 3 amide bonds. The molecule has 0 fully saturated rings. The first-order valence-electron chi connectivity index (χ1n) is 12.6. The lowest BCUT2D eigenvalue weighted by Crippen LogP contribution is -2.49. The van der Waals surface area contributed by atoms with E-state index < -0.39 is 6.04 Å². The number of carbonyl (C=O) groups excluding carboxylic acids is 3. The Morgan fingerprint density at radius 1 is 1.03 bits per heavy atom. The normalized spacial score (nSPS) is 14.1. The van der Waals surface area contributed by atoms with Gasteiger partial charge in [-0.15, -0.1) is 0 Å². The van der Waals surface area contributed by atoms with Crippen LogP contribution in [0.5, 0.6) is 0 Å². The number of amides is 3. The molecule has 3 aromatic carbocycles. The Morgan fingerprint density at radius 3 is 2.46 bits per heavy atom. The predicted molar refractivity (Wildman–Crippen MR) is 149 cm³/mol. The van der Waals surface area contributed by atoms with Gasteiger partial charge < -0.3 is 15.1 Å². The molecule has 0 bridgehead atoms. The van der Waals surface area contributed by atoms with Crippen molar-refractivity contribution in [1.29, 1.82) is 0 Å². The molecule has 1 N–H and O–H groups in total. The lowest BCUT2D eigenvalue weighted by Gasteiger charge is -2.30. The van der Waals surface area contributed by atoms with Gasteiger partial charge in [-0.05, 0) is 61.9 Å². The van der Waals surface area contributed by atoms with Gasteiger partial charge in [0.15, 0.2) is 0 Å². The zero-order chi connectivity index (χ0) is 26.7. The maximum absolute atomic E-state index is 13.4. The largest absolute Gasteiger partial charge is 0.352 e. The smallest absolute Gasteiger partial charge is 0.258 e. The molecule has 0 radical (unpaired) electrons. The molecule has 0 saturated carbocycles. The summed E-state index contributed by atoms with van der Waals surface area (Å²) in [5, 5.41) is 5.77. The number of benzene rings is 3. The van der Waals surface area contributed by atoms with E-state index in [-0.39, 0.29) is 36.7 Å². The molecule has 0 saturated heterocycles. The van der Waals surface area contributed by atoms with Crippen molar-refractivity contribution in [2.45, 2.75) is 58.7 Å². The van der Waals surface area contributed by atoms with E-state index in [1.165, 1.54) is 0 Å². The second-order valence-corrected chi connectivity index (χ2v) is 10.3. The van der Waals surface area contributed by atoms with Gasteiger partial charge in [-0.25, -0.2) is 0 Å². The SMILES string of the molecule is CC[C@@H](C)NC(=O)[C@@H](C)N(Cc1ccc(Cl)c(Cl)c1)C(=O)CCCN1C(=O)c2cccc3cccc1c23. The van der Waals surface area contributed by atoms with Crippen LogP contribution in [-0.4, -0.2) is 41.2 Å². The van der Waals surface area contributed by atoms with Gasteiger partial charge in [0, 0.05) is 36.5 Å². The van der Waals surface area contributed by atoms with E-state index in [9.17, 15) is 14.4 Å². The van der Waals surface area contributed by atoms with E-state index in [4.69, 9.17) is 23.2 Å². The zero-order valence-corrected chi connectivity index (χ0v) is 22.8. The number of hydrogen-bond donors (Lipinski definition) is 1. The van der Waals surface area contributed by atoms with Gasteiger partial charge in [0.05, 0.1) is 15.7 Å². The minimum absolute atomic E-state index is 0.00222. The standard InChI is InChI=1S/C29H31Cl2N3O3/c1-4-18(2)32-28(36)19(3)34(17-20-13-14-23(30)24(31)16-20)26(35)12-7-15-33-25-11-6-9-21-8-5-10-22(27(21)25)29(33)37/h5-6,8-11,13-14,16,18-19H,4,7,12,15,17H2,1-3H3,(H,32,36)/t18-,19-/m1/s1. The lowest BCUT2D eigenvalue weighted by atomic mass is 10.1. The lowest BCUT2D eigenvalue weighted by molar-refractivity contribution is -0.140. The molecular weight excluding hydrogens is 509 g/mol. The molecule has 4 rings (SSSR count). The van der Waals surface area contributed by atoms with Crippen LogP contribution in [0.4, 0.5) is 5.69 Å². The van der Waals surface area contributed by atoms with Crippen molar-refractivity contribution in [3.05, 3.63) is 75.8 Å². The van der Waals surface area contributed by atoms with Crippen molar-refractivity contribution >= 4 is 57.4 Å². The van der Waals surface area contributed by atoms with E-state index in [1.807, 2.05) is 50.2 Å². The monoisotopic (exact) mass is 539 g/mol. The Kier molecular flexibility index (Phi) is 8.40. The first kappa shape index (κ1) is 27.0. The molecule has 1 aliphatic rings. The van der Waals surface area contributed by atoms with Gasteiger partial charge in [-0.1, -0.05) is 60.5 Å². The van der Waals surface area contributed by atoms with Crippen LogP contribution >= 0.6 is 23.2 Å². The van der Waals surface area contributed by atoms with Gasteiger partial charge in [-0.3, -0.25) is 14.4 Å². The number of nitrogens with one attached hydrogen (secondary N) is 1. The van der Waals surface area contributed by atoms with E-state index in [0.29, 0.717) is 28.6 Å². The van der Waals surface area contributed by atoms with Crippen LogP contribution in [0, 0.1) is 0 Å². The number of carbonyl (C=O) groups is 3. The fraction of sp³-hybridized carbons (Fsp3) is 0.345. The van der Waals surface area contributed by atoms with Crippen LogP contribution in [0.15, 0.2) is 54.6 Å². The molecule has 0 aromatic heterocycles. The number of rotatable bonds is 10. The summed E-state index contributed by atoms with van der Waals surface area (Å²) in [6.45, 7) is 6.28. The Bertz CT molecular complexity index is 1340. The van der Waals surface area contributed by atoms with Crippen LogP contribution < -0.4 is 10.2 Å². The summed E-state index contributed by atoms with van der Waals surface area (Å²) in [5.41, 5.74) is 2.35. The summed E-state index contributed by atoms with van der Waals surface area (Å²) in [6, 6.07) is 16.1. The third-order valence-electron chi connectivity index (χ3n) is 6.93. The first-order chi connectivity index (χ1) is 17.7. The van der Waals surface area contributed by atoms with Crippen LogP contribution in [0.1, 0.15) is 56.0 Å². The molecule has 37 heavy (non-hydrogen) atoms. The highest BCUT2D eigenvalue weighted by Crippen LogP contribution is 2.37. The number of hydrogen-bond acceptors (Lipinski definition) is 3. The fourth-order valence-electron chi connectivity index (χ4n) is 4.62. The third-order valence-corrected chi connectivity index (χ3v) is 7.67. The molecule has 8 heteroatoms. The average Bonchev–Trinajstić information content (AvgIpc) is 3.16. The van der Waals surface area contributed by atoms with E-state index in [2.05, 4.69) is 5.32 Å². The van der Waals surface area contributed by atoms with Crippen molar-refractivity contribution in [3.8, 4) is 0 Å². The second-order valence-electron chi connectivity index (χ2n) is 9.51. The maximum Gasteiger partial charge on any atom is 0.258 e. The van der Waals surface area contributed by atoms with Crippen LogP contribution in [0.2, 0.25) is 10.0 Å². The van der Waals surface area contributed by atoms with Crippen molar-refractivity contribution in [3.63, 3.8) is 0 Å². The Hall–Kier alpha value is -3.09. The van der Waals surface area contributed by atoms with Crippen LogP contribution in [0.25, 0.3) is 10.8 Å². The topological polar surface area (TPSA) is 69.7 Å². The molecule has 0 spiro atoms. The summed E-state index contributed by atoms with van der Waals surface area (Å²) in [7, 11) is 0. The maximum atomic E-state index is 13.4. The highest BCUT2D eigenvalue weighted by Gasteiger charge is 2.30. The van der Waals surface area contributed by atoms with Gasteiger partial charge in [-0.2, -0.15) is 0 Å². The quantitative estimate of drug-likeness (QED) is 0.332. The fourth-order valence-corrected chi connectivity index (χ4v) is 4.94. The summed E-state index contributed by atoms with van der Waals surface area (Å²) < 4.78 is 0. The first-order valence-corrected chi connectivity index (χ1v) is 13.3. The molecule has 3 aromatic rings. The summed E-state index contributed by atoms with van der Waals surface area (Å²) in [5.74, 6) is -0.423. The Labute approximate surface area is 227 Å². The van der Waals surface area contributed by atoms with E-state index in [0.717, 1.165) is 28.4 Å². The molecule has 0 aliphatic carbocycles. The molecule has 0 unspecified atom stereocenters. The zero-order valence-electron chi connectivity index (χ0n) is 21.3. The number of anilines is 1. The van der Waals surface area contributed by atoms with Gasteiger partial charge >= 0.3 is 0 Å². The molecule has 2 atom stereocenters. The highest BCUT2D eigenvalue weighted by molar-refractivity contribution is 6.42. The van der Waals surface area contributed by atoms with Gasteiger partial charge in [0.2, 0.25) is 11.8 Å². The second kappa shape index (κ2) is 11.5. The summed E-state index contributed by atoms with van der Waals surface area (Å²) in [6.07, 6.45) is 1.45. The summed E-state index contributed by atoms with van der Waals surface area (Å²) >= 11 is 12.3. The highest BCUT2D eigenvalue weighted by atomic mass is 35.5. The van der Waals surface area contributed by atoms with Crippen molar-refractivity contribution in [2.75, 3.05) is 11.4 Å². The molecular formula is C29H31Cl2N3O3. The van der Waals surface area contributed by atoms with Crippen LogP contribution in [-0.2, 0) is 16.1 Å². The third kappa shape index (κ3) is 5.76. The molecule has 6 nitrogen and oxygen atoms in total. The molecule has 1 heterocycles. The molecule has 1 aliphatic heterocycles. The predicted octanol–water partition coefficient (Wildman–Crippen LogP) is 6.22.